The molecule has 0 atom stereocenters. The van der Waals surface area contributed by atoms with Gasteiger partial charge in [-0.1, -0.05) is 44.9 Å². The zero-order chi connectivity index (χ0) is 13.7. The molecule has 104 valence electrons. The molecule has 1 aromatic rings. The number of hydrogen-bond acceptors (Lipinski definition) is 2. The van der Waals surface area contributed by atoms with Gasteiger partial charge in [-0.2, -0.15) is 0 Å². The third kappa shape index (κ3) is 3.82. The minimum Gasteiger partial charge on any atom is -0.493 e. The van der Waals surface area contributed by atoms with Crippen LogP contribution in [0, 0.1) is 5.92 Å². The quantitative estimate of drug-likeness (QED) is 0.760. The number of para-hydroxylation sites is 1. The lowest BCUT2D eigenvalue weighted by molar-refractivity contribution is -0.123. The van der Waals surface area contributed by atoms with Gasteiger partial charge in [0.1, 0.15) is 11.5 Å². The van der Waals surface area contributed by atoms with Gasteiger partial charge in [-0.25, -0.2) is 0 Å². The van der Waals surface area contributed by atoms with Crippen LogP contribution < -0.4 is 4.74 Å². The molecule has 1 aliphatic rings. The zero-order valence-corrected chi connectivity index (χ0v) is 12.0. The summed E-state index contributed by atoms with van der Waals surface area (Å²) in [6.07, 6.45) is 5.15. The van der Waals surface area contributed by atoms with E-state index in [0.717, 1.165) is 18.6 Å². The minimum absolute atomic E-state index is 0.309. The van der Waals surface area contributed by atoms with Crippen molar-refractivity contribution in [3.63, 3.8) is 0 Å². The fraction of sp³-hybridized carbons (Fsp3) is 0.588. The van der Waals surface area contributed by atoms with Gasteiger partial charge in [-0.05, 0) is 30.4 Å². The molecule has 1 fully saturated rings. The molecule has 0 heterocycles. The number of ketones is 1. The largest absolute Gasteiger partial charge is 0.493 e. The fourth-order valence-electron chi connectivity index (χ4n) is 2.80. The van der Waals surface area contributed by atoms with E-state index in [2.05, 4.69) is 19.9 Å². The Hall–Kier alpha value is -1.31. The number of ether oxygens (including phenoxy) is 1. The Morgan fingerprint density at radius 3 is 2.63 bits per heavy atom. The molecule has 1 aliphatic carbocycles. The molecule has 19 heavy (non-hydrogen) atoms. The molecule has 0 amide bonds. The van der Waals surface area contributed by atoms with Crippen LogP contribution in [-0.2, 0) is 4.79 Å². The maximum Gasteiger partial charge on any atom is 0.139 e. The Labute approximate surface area is 116 Å². The summed E-state index contributed by atoms with van der Waals surface area (Å²) in [5.41, 5.74) is 1.22. The van der Waals surface area contributed by atoms with Crippen molar-refractivity contribution in [1.82, 2.24) is 0 Å². The van der Waals surface area contributed by atoms with Gasteiger partial charge >= 0.3 is 0 Å². The van der Waals surface area contributed by atoms with Crippen LogP contribution in [0.5, 0.6) is 5.75 Å². The van der Waals surface area contributed by atoms with Crippen LogP contribution >= 0.6 is 0 Å². The van der Waals surface area contributed by atoms with Gasteiger partial charge in [0.2, 0.25) is 0 Å². The first-order chi connectivity index (χ1) is 9.18. The van der Waals surface area contributed by atoms with E-state index in [1.807, 2.05) is 18.2 Å². The summed E-state index contributed by atoms with van der Waals surface area (Å²) < 4.78 is 5.81. The minimum atomic E-state index is 0.309. The molecule has 0 N–H and O–H groups in total. The second-order valence-corrected chi connectivity index (χ2v) is 5.74. The molecular formula is C17H24O2. The van der Waals surface area contributed by atoms with Crippen LogP contribution in [0.1, 0.15) is 57.4 Å². The van der Waals surface area contributed by atoms with Crippen molar-refractivity contribution in [3.8, 4) is 5.75 Å². The highest BCUT2D eigenvalue weighted by atomic mass is 16.5. The molecular weight excluding hydrogens is 236 g/mol. The predicted octanol–water partition coefficient (Wildman–Crippen LogP) is 4.34. The topological polar surface area (TPSA) is 26.3 Å². The molecule has 1 aromatic carbocycles. The first kappa shape index (κ1) is 14.1. The number of Topliss-reactive ketones (excluding diaryl/α,β-unsaturated/α-hetero) is 1. The molecule has 0 saturated heterocycles. The SMILES string of the molecule is CC(C)c1ccccc1OCCC(=O)C1CCCC1. The molecule has 2 nitrogen and oxygen atoms in total. The summed E-state index contributed by atoms with van der Waals surface area (Å²) in [5, 5.41) is 0. The van der Waals surface area contributed by atoms with Crippen LogP contribution in [0.4, 0.5) is 0 Å². The van der Waals surface area contributed by atoms with E-state index in [9.17, 15) is 4.79 Å². The molecule has 0 aliphatic heterocycles. The van der Waals surface area contributed by atoms with Gasteiger partial charge in [0.15, 0.2) is 0 Å². The van der Waals surface area contributed by atoms with Crippen LogP contribution in [-0.4, -0.2) is 12.4 Å². The Kier molecular flexibility index (Phi) is 5.00. The zero-order valence-electron chi connectivity index (χ0n) is 12.0. The van der Waals surface area contributed by atoms with Crippen molar-refractivity contribution in [2.45, 2.75) is 51.9 Å². The van der Waals surface area contributed by atoms with Crippen LogP contribution in [0.2, 0.25) is 0 Å². The summed E-state index contributed by atoms with van der Waals surface area (Å²) >= 11 is 0. The third-order valence-electron chi connectivity index (χ3n) is 3.96. The molecule has 2 rings (SSSR count). The summed E-state index contributed by atoms with van der Waals surface area (Å²) in [4.78, 5) is 12.0. The highest BCUT2D eigenvalue weighted by Crippen LogP contribution is 2.28. The van der Waals surface area contributed by atoms with Crippen molar-refractivity contribution in [3.05, 3.63) is 29.8 Å². The highest BCUT2D eigenvalue weighted by Gasteiger charge is 2.22. The average molecular weight is 260 g/mol. The Morgan fingerprint density at radius 1 is 1.26 bits per heavy atom. The fourth-order valence-corrected chi connectivity index (χ4v) is 2.80. The van der Waals surface area contributed by atoms with E-state index in [-0.39, 0.29) is 0 Å². The van der Waals surface area contributed by atoms with Gasteiger partial charge in [-0.3, -0.25) is 4.79 Å². The lowest BCUT2D eigenvalue weighted by Crippen LogP contribution is -2.14. The summed E-state index contributed by atoms with van der Waals surface area (Å²) in [6.45, 7) is 4.83. The third-order valence-corrected chi connectivity index (χ3v) is 3.96. The standard InChI is InChI=1S/C17H24O2/c1-13(2)15-9-5-6-10-17(15)19-12-11-16(18)14-7-3-4-8-14/h5-6,9-10,13-14H,3-4,7-8,11-12H2,1-2H3. The Balaban J connectivity index is 1.83. The lowest BCUT2D eigenvalue weighted by Gasteiger charge is -2.14. The van der Waals surface area contributed by atoms with Crippen molar-refractivity contribution in [2.75, 3.05) is 6.61 Å². The van der Waals surface area contributed by atoms with Crippen molar-refractivity contribution < 1.29 is 9.53 Å². The number of benzene rings is 1. The van der Waals surface area contributed by atoms with Gasteiger partial charge in [0, 0.05) is 12.3 Å². The average Bonchev–Trinajstić information content (AvgIpc) is 2.93. The summed E-state index contributed by atoms with van der Waals surface area (Å²) in [7, 11) is 0. The molecule has 2 heteroatoms. The van der Waals surface area contributed by atoms with E-state index in [0.29, 0.717) is 30.6 Å². The van der Waals surface area contributed by atoms with Crippen LogP contribution in [0.15, 0.2) is 24.3 Å². The van der Waals surface area contributed by atoms with Gasteiger partial charge in [0.25, 0.3) is 0 Å². The van der Waals surface area contributed by atoms with Gasteiger partial charge < -0.3 is 4.74 Å². The van der Waals surface area contributed by atoms with Crippen molar-refractivity contribution in [1.29, 1.82) is 0 Å². The first-order valence-corrected chi connectivity index (χ1v) is 7.43. The second-order valence-electron chi connectivity index (χ2n) is 5.74. The first-order valence-electron chi connectivity index (χ1n) is 7.43. The molecule has 0 spiro atoms. The van der Waals surface area contributed by atoms with Gasteiger partial charge in [-0.15, -0.1) is 0 Å². The molecule has 0 radical (unpaired) electrons. The number of rotatable bonds is 6. The van der Waals surface area contributed by atoms with Crippen LogP contribution in [0.25, 0.3) is 0 Å². The second kappa shape index (κ2) is 6.74. The molecule has 1 saturated carbocycles. The number of carbonyl (C=O) groups is 1. The summed E-state index contributed by atoms with van der Waals surface area (Å²) in [6, 6.07) is 8.11. The number of hydrogen-bond donors (Lipinski definition) is 0. The van der Waals surface area contributed by atoms with E-state index in [1.165, 1.54) is 18.4 Å². The van der Waals surface area contributed by atoms with Gasteiger partial charge in [0.05, 0.1) is 6.61 Å². The Morgan fingerprint density at radius 2 is 1.95 bits per heavy atom. The predicted molar refractivity (Wildman–Crippen MR) is 77.6 cm³/mol. The monoisotopic (exact) mass is 260 g/mol. The smallest absolute Gasteiger partial charge is 0.139 e. The number of carbonyl (C=O) groups excluding carboxylic acids is 1. The van der Waals surface area contributed by atoms with Crippen molar-refractivity contribution in [2.24, 2.45) is 5.92 Å². The molecule has 0 aromatic heterocycles. The lowest BCUT2D eigenvalue weighted by atomic mass is 10.0. The highest BCUT2D eigenvalue weighted by molar-refractivity contribution is 5.81. The van der Waals surface area contributed by atoms with Crippen LogP contribution in [0.3, 0.4) is 0 Å². The Bertz CT molecular complexity index is 417. The summed E-state index contributed by atoms with van der Waals surface area (Å²) in [5.74, 6) is 2.07. The molecule has 0 bridgehead atoms. The normalized spacial score (nSPS) is 15.9. The van der Waals surface area contributed by atoms with Crippen molar-refractivity contribution >= 4 is 5.78 Å². The van der Waals surface area contributed by atoms with E-state index in [1.54, 1.807) is 0 Å². The van der Waals surface area contributed by atoms with E-state index < -0.39 is 0 Å². The molecule has 0 unspecified atom stereocenters. The maximum atomic E-state index is 12.0. The maximum absolute atomic E-state index is 12.0. The van der Waals surface area contributed by atoms with E-state index >= 15 is 0 Å². The van der Waals surface area contributed by atoms with E-state index in [4.69, 9.17) is 4.74 Å².